The summed E-state index contributed by atoms with van der Waals surface area (Å²) in [4.78, 5) is 12.8. The first kappa shape index (κ1) is 22.4. The highest BCUT2D eigenvalue weighted by atomic mass is 16.5. The van der Waals surface area contributed by atoms with Crippen LogP contribution in [0.5, 0.6) is 11.5 Å². The van der Waals surface area contributed by atoms with E-state index in [1.807, 2.05) is 56.6 Å². The number of carbonyl (C=O) groups is 1. The molecule has 1 amide bonds. The molecule has 1 N–H and O–H groups in total. The van der Waals surface area contributed by atoms with Gasteiger partial charge in [-0.25, -0.2) is 0 Å². The minimum atomic E-state index is -0.0899. The van der Waals surface area contributed by atoms with E-state index in [4.69, 9.17) is 9.47 Å². The fourth-order valence-electron chi connectivity index (χ4n) is 3.59. The normalized spacial score (nSPS) is 10.7. The molecule has 31 heavy (non-hydrogen) atoms. The number of ether oxygens (including phenoxy) is 2. The van der Waals surface area contributed by atoms with Crippen LogP contribution in [-0.4, -0.2) is 28.9 Å². The monoisotopic (exact) mass is 421 g/mol. The molecule has 2 aromatic carbocycles. The van der Waals surface area contributed by atoms with Crippen molar-refractivity contribution in [1.29, 1.82) is 0 Å². The number of nitrogens with one attached hydrogen (secondary N) is 1. The van der Waals surface area contributed by atoms with Gasteiger partial charge < -0.3 is 14.8 Å². The van der Waals surface area contributed by atoms with Crippen LogP contribution in [-0.2, 0) is 17.8 Å². The van der Waals surface area contributed by atoms with Crippen LogP contribution in [0.15, 0.2) is 42.5 Å². The molecule has 3 rings (SSSR count). The fourth-order valence-corrected chi connectivity index (χ4v) is 3.59. The summed E-state index contributed by atoms with van der Waals surface area (Å²) in [5.74, 6) is 1.26. The molecule has 164 valence electrons. The zero-order valence-electron chi connectivity index (χ0n) is 19.0. The van der Waals surface area contributed by atoms with Gasteiger partial charge in [0.25, 0.3) is 0 Å². The van der Waals surface area contributed by atoms with E-state index in [0.717, 1.165) is 22.6 Å². The van der Waals surface area contributed by atoms with Gasteiger partial charge in [-0.3, -0.25) is 9.48 Å². The Kier molecular flexibility index (Phi) is 7.34. The van der Waals surface area contributed by atoms with Gasteiger partial charge in [0.1, 0.15) is 0 Å². The fraction of sp³-hybridized carbons (Fsp3) is 0.360. The van der Waals surface area contributed by atoms with Crippen LogP contribution < -0.4 is 14.8 Å². The molecule has 0 radical (unpaired) electrons. The summed E-state index contributed by atoms with van der Waals surface area (Å²) < 4.78 is 13.2. The van der Waals surface area contributed by atoms with Crippen molar-refractivity contribution in [3.05, 3.63) is 70.5 Å². The van der Waals surface area contributed by atoms with Crippen LogP contribution in [0, 0.1) is 20.8 Å². The average molecular weight is 422 g/mol. The minimum Gasteiger partial charge on any atom is -0.490 e. The third-order valence-corrected chi connectivity index (χ3v) is 5.03. The second-order valence-corrected chi connectivity index (χ2v) is 7.56. The molecule has 0 saturated carbocycles. The summed E-state index contributed by atoms with van der Waals surface area (Å²) in [5.41, 5.74) is 5.78. The van der Waals surface area contributed by atoms with E-state index in [-0.39, 0.29) is 12.3 Å². The number of amides is 1. The number of nitrogens with zero attached hydrogens (tertiary/aromatic N) is 2. The number of anilines is 1. The van der Waals surface area contributed by atoms with Crippen molar-refractivity contribution < 1.29 is 14.3 Å². The lowest BCUT2D eigenvalue weighted by molar-refractivity contribution is -0.115. The number of hydrogen-bond acceptors (Lipinski definition) is 4. The van der Waals surface area contributed by atoms with Gasteiger partial charge in [-0.2, -0.15) is 5.10 Å². The van der Waals surface area contributed by atoms with Crippen molar-refractivity contribution in [2.24, 2.45) is 0 Å². The number of hydrogen-bond donors (Lipinski definition) is 1. The predicted octanol–water partition coefficient (Wildman–Crippen LogP) is 4.84. The molecular formula is C25H31N3O3. The van der Waals surface area contributed by atoms with Crippen LogP contribution in [0.1, 0.15) is 41.9 Å². The average Bonchev–Trinajstić information content (AvgIpc) is 2.97. The predicted molar refractivity (Wildman–Crippen MR) is 123 cm³/mol. The minimum absolute atomic E-state index is 0.0899. The molecule has 3 aromatic rings. The highest BCUT2D eigenvalue weighted by Gasteiger charge is 2.16. The molecule has 6 nitrogen and oxygen atoms in total. The van der Waals surface area contributed by atoms with E-state index in [2.05, 4.69) is 35.5 Å². The first-order valence-electron chi connectivity index (χ1n) is 10.7. The maximum Gasteiger partial charge on any atom is 0.228 e. The van der Waals surface area contributed by atoms with Crippen LogP contribution in [0.25, 0.3) is 0 Å². The number of carbonyl (C=O) groups excluding carboxylic acids is 1. The zero-order chi connectivity index (χ0) is 22.4. The van der Waals surface area contributed by atoms with Gasteiger partial charge in [0.2, 0.25) is 5.91 Å². The molecule has 0 spiro atoms. The lowest BCUT2D eigenvalue weighted by atomic mass is 10.1. The summed E-state index contributed by atoms with van der Waals surface area (Å²) in [6.45, 7) is 11.6. The molecule has 1 aromatic heterocycles. The molecule has 0 aliphatic rings. The van der Waals surface area contributed by atoms with E-state index >= 15 is 0 Å². The highest BCUT2D eigenvalue weighted by Crippen LogP contribution is 2.29. The van der Waals surface area contributed by atoms with Gasteiger partial charge in [-0.05, 0) is 57.9 Å². The Bertz CT molecular complexity index is 1060. The van der Waals surface area contributed by atoms with E-state index in [1.54, 1.807) is 0 Å². The van der Waals surface area contributed by atoms with Crippen molar-refractivity contribution in [1.82, 2.24) is 9.78 Å². The number of benzene rings is 2. The number of aromatic nitrogens is 2. The molecule has 0 bridgehead atoms. The van der Waals surface area contributed by atoms with E-state index in [0.29, 0.717) is 31.3 Å². The molecule has 0 unspecified atom stereocenters. The maximum absolute atomic E-state index is 12.8. The highest BCUT2D eigenvalue weighted by molar-refractivity contribution is 5.93. The summed E-state index contributed by atoms with van der Waals surface area (Å²) in [5, 5.41) is 7.67. The van der Waals surface area contributed by atoms with Crippen LogP contribution in [0.3, 0.4) is 0 Å². The van der Waals surface area contributed by atoms with Crippen molar-refractivity contribution in [3.8, 4) is 11.5 Å². The summed E-state index contributed by atoms with van der Waals surface area (Å²) in [6, 6.07) is 14.0. The summed E-state index contributed by atoms with van der Waals surface area (Å²) >= 11 is 0. The van der Waals surface area contributed by atoms with Crippen molar-refractivity contribution in [2.75, 3.05) is 18.5 Å². The van der Waals surface area contributed by atoms with Crippen molar-refractivity contribution >= 4 is 11.6 Å². The molecule has 6 heteroatoms. The van der Waals surface area contributed by atoms with Gasteiger partial charge >= 0.3 is 0 Å². The molecule has 0 saturated heterocycles. The molecule has 0 fully saturated rings. The quantitative estimate of drug-likeness (QED) is 0.537. The molecule has 0 atom stereocenters. The Labute approximate surface area is 184 Å². The molecule has 0 aliphatic heterocycles. The molecule has 0 aliphatic carbocycles. The lowest BCUT2D eigenvalue weighted by Gasteiger charge is -2.12. The molecular weight excluding hydrogens is 390 g/mol. The van der Waals surface area contributed by atoms with Crippen LogP contribution in [0.4, 0.5) is 5.69 Å². The Morgan fingerprint density at radius 1 is 0.968 bits per heavy atom. The smallest absolute Gasteiger partial charge is 0.228 e. The van der Waals surface area contributed by atoms with E-state index < -0.39 is 0 Å². The summed E-state index contributed by atoms with van der Waals surface area (Å²) in [6.07, 6.45) is 0.244. The lowest BCUT2D eigenvalue weighted by Crippen LogP contribution is -2.16. The SMILES string of the molecule is CCOc1ccc(CC(=O)Nc2c(C)nn(Cc3cccc(C)c3)c2C)cc1OCC. The Morgan fingerprint density at radius 3 is 2.42 bits per heavy atom. The van der Waals surface area contributed by atoms with Crippen molar-refractivity contribution in [2.45, 2.75) is 47.6 Å². The van der Waals surface area contributed by atoms with Gasteiger partial charge in [0.05, 0.1) is 43.3 Å². The summed E-state index contributed by atoms with van der Waals surface area (Å²) in [7, 11) is 0. The Hall–Kier alpha value is -3.28. The van der Waals surface area contributed by atoms with Crippen LogP contribution in [0.2, 0.25) is 0 Å². The molecule has 1 heterocycles. The number of rotatable bonds is 9. The van der Waals surface area contributed by atoms with Gasteiger partial charge in [0, 0.05) is 0 Å². The third-order valence-electron chi connectivity index (χ3n) is 5.03. The Balaban J connectivity index is 1.72. The van der Waals surface area contributed by atoms with Crippen LogP contribution >= 0.6 is 0 Å². The largest absolute Gasteiger partial charge is 0.490 e. The third kappa shape index (κ3) is 5.66. The van der Waals surface area contributed by atoms with E-state index in [9.17, 15) is 4.79 Å². The maximum atomic E-state index is 12.8. The second kappa shape index (κ2) is 10.2. The topological polar surface area (TPSA) is 65.4 Å². The zero-order valence-corrected chi connectivity index (χ0v) is 19.0. The Morgan fingerprint density at radius 2 is 1.71 bits per heavy atom. The standard InChI is InChI=1S/C25H31N3O3/c1-6-30-22-12-11-20(14-23(22)31-7-2)15-24(29)26-25-18(4)27-28(19(25)5)16-21-10-8-9-17(3)13-21/h8-14H,6-7,15-16H2,1-5H3,(H,26,29). The number of aryl methyl sites for hydroxylation is 2. The van der Waals surface area contributed by atoms with Gasteiger partial charge in [-0.15, -0.1) is 0 Å². The second-order valence-electron chi connectivity index (χ2n) is 7.56. The van der Waals surface area contributed by atoms with E-state index in [1.165, 1.54) is 11.1 Å². The van der Waals surface area contributed by atoms with Crippen molar-refractivity contribution in [3.63, 3.8) is 0 Å². The first-order chi connectivity index (χ1) is 14.9. The van der Waals surface area contributed by atoms with Gasteiger partial charge in [-0.1, -0.05) is 35.9 Å². The van der Waals surface area contributed by atoms with Gasteiger partial charge in [0.15, 0.2) is 11.5 Å². The first-order valence-corrected chi connectivity index (χ1v) is 10.7.